The molecule has 1 aromatic carbocycles. The van der Waals surface area contributed by atoms with Crippen LogP contribution in [0, 0.1) is 0 Å². The van der Waals surface area contributed by atoms with Crippen molar-refractivity contribution < 1.29 is 20.1 Å². The van der Waals surface area contributed by atoms with Crippen LogP contribution in [-0.4, -0.2) is 27.2 Å². The third kappa shape index (κ3) is 15.6. The maximum Gasteiger partial charge on any atom is 0.184 e. The SMILES string of the molecule is CCCCCCCCCCCCCCCCCCCC(O)C(=O)/C=C\c1ccc(O)c(O)c1. The van der Waals surface area contributed by atoms with Gasteiger partial charge < -0.3 is 15.3 Å². The molecule has 0 amide bonds. The summed E-state index contributed by atoms with van der Waals surface area (Å²) >= 11 is 0. The largest absolute Gasteiger partial charge is 0.504 e. The lowest BCUT2D eigenvalue weighted by atomic mass is 10.0. The maximum atomic E-state index is 12.0. The number of aliphatic hydroxyl groups is 1. The zero-order valence-corrected chi connectivity index (χ0v) is 20.9. The summed E-state index contributed by atoms with van der Waals surface area (Å²) in [4.78, 5) is 12.0. The minimum atomic E-state index is -0.969. The van der Waals surface area contributed by atoms with Gasteiger partial charge in [-0.3, -0.25) is 4.79 Å². The summed E-state index contributed by atoms with van der Waals surface area (Å²) in [5.74, 6) is -0.745. The number of aliphatic hydroxyl groups excluding tert-OH is 1. The second-order valence-electron chi connectivity index (χ2n) is 9.45. The molecule has 0 bridgehead atoms. The fourth-order valence-corrected chi connectivity index (χ4v) is 4.14. The second kappa shape index (κ2) is 19.6. The molecule has 4 nitrogen and oxygen atoms in total. The first kappa shape index (κ1) is 29.2. The highest BCUT2D eigenvalue weighted by Gasteiger charge is 2.11. The van der Waals surface area contributed by atoms with Gasteiger partial charge in [0.05, 0.1) is 0 Å². The van der Waals surface area contributed by atoms with Crippen LogP contribution < -0.4 is 0 Å². The minimum Gasteiger partial charge on any atom is -0.504 e. The monoisotopic (exact) mass is 460 g/mol. The van der Waals surface area contributed by atoms with E-state index in [9.17, 15) is 20.1 Å². The van der Waals surface area contributed by atoms with Crippen molar-refractivity contribution in [1.82, 2.24) is 0 Å². The minimum absolute atomic E-state index is 0.197. The van der Waals surface area contributed by atoms with Crippen LogP contribution in [0.1, 0.15) is 128 Å². The van der Waals surface area contributed by atoms with Crippen LogP contribution in [0.4, 0.5) is 0 Å². The number of hydrogen-bond acceptors (Lipinski definition) is 4. The summed E-state index contributed by atoms with van der Waals surface area (Å²) in [6.45, 7) is 2.27. The fourth-order valence-electron chi connectivity index (χ4n) is 4.14. The molecule has 4 heteroatoms. The number of benzene rings is 1. The Balaban J connectivity index is 1.91. The predicted octanol–water partition coefficient (Wildman–Crippen LogP) is 8.08. The number of carbonyl (C=O) groups is 1. The molecule has 188 valence electrons. The van der Waals surface area contributed by atoms with Gasteiger partial charge in [0.15, 0.2) is 17.3 Å². The first-order valence-electron chi connectivity index (χ1n) is 13.5. The molecule has 0 saturated heterocycles. The van der Waals surface area contributed by atoms with Crippen molar-refractivity contribution in [3.8, 4) is 11.5 Å². The highest BCUT2D eigenvalue weighted by atomic mass is 16.3. The quantitative estimate of drug-likeness (QED) is 0.0984. The Labute approximate surface area is 202 Å². The molecule has 1 rings (SSSR count). The molecular weight excluding hydrogens is 412 g/mol. The molecule has 1 unspecified atom stereocenters. The lowest BCUT2D eigenvalue weighted by molar-refractivity contribution is -0.122. The van der Waals surface area contributed by atoms with Crippen LogP contribution in [-0.2, 0) is 4.79 Å². The molecule has 1 atom stereocenters. The maximum absolute atomic E-state index is 12.0. The van der Waals surface area contributed by atoms with E-state index in [1.54, 1.807) is 12.1 Å². The lowest BCUT2D eigenvalue weighted by Gasteiger charge is -2.07. The van der Waals surface area contributed by atoms with Gasteiger partial charge in [-0.2, -0.15) is 0 Å². The Kier molecular flexibility index (Phi) is 17.4. The van der Waals surface area contributed by atoms with E-state index >= 15 is 0 Å². The second-order valence-corrected chi connectivity index (χ2v) is 9.45. The molecule has 0 radical (unpaired) electrons. The van der Waals surface area contributed by atoms with Gasteiger partial charge in [0.25, 0.3) is 0 Å². The van der Waals surface area contributed by atoms with E-state index in [-0.39, 0.29) is 17.3 Å². The fraction of sp³-hybridized carbons (Fsp3) is 0.690. The normalized spacial score (nSPS) is 12.4. The highest BCUT2D eigenvalue weighted by molar-refractivity contribution is 5.96. The average Bonchev–Trinajstić information content (AvgIpc) is 2.81. The number of carbonyl (C=O) groups excluding carboxylic acids is 1. The van der Waals surface area contributed by atoms with E-state index in [4.69, 9.17) is 0 Å². The van der Waals surface area contributed by atoms with E-state index in [2.05, 4.69) is 6.92 Å². The van der Waals surface area contributed by atoms with Gasteiger partial charge in [0.2, 0.25) is 0 Å². The number of hydrogen-bond donors (Lipinski definition) is 3. The van der Waals surface area contributed by atoms with E-state index in [1.807, 2.05) is 0 Å². The van der Waals surface area contributed by atoms with Gasteiger partial charge in [0.1, 0.15) is 6.10 Å². The summed E-state index contributed by atoms with van der Waals surface area (Å²) in [5.41, 5.74) is 0.601. The molecule has 1 aromatic rings. The number of phenols is 2. The van der Waals surface area contributed by atoms with Gasteiger partial charge in [-0.15, -0.1) is 0 Å². The van der Waals surface area contributed by atoms with Crippen molar-refractivity contribution in [1.29, 1.82) is 0 Å². The zero-order valence-electron chi connectivity index (χ0n) is 20.9. The van der Waals surface area contributed by atoms with Gasteiger partial charge in [0, 0.05) is 0 Å². The zero-order chi connectivity index (χ0) is 24.2. The standard InChI is InChI=1S/C29H48O4/c1-2-3-4-5-6-7-8-9-10-11-12-13-14-15-16-17-18-19-26(30)27(31)22-20-25-21-23-28(32)29(33)24-25/h20-24,26,30,32-33H,2-19H2,1H3/b22-20-. The first-order valence-corrected chi connectivity index (χ1v) is 13.5. The van der Waals surface area contributed by atoms with Gasteiger partial charge in [-0.1, -0.05) is 128 Å². The third-order valence-electron chi connectivity index (χ3n) is 6.35. The van der Waals surface area contributed by atoms with Crippen LogP contribution in [0.25, 0.3) is 6.08 Å². The Morgan fingerprint density at radius 2 is 1.18 bits per heavy atom. The first-order chi connectivity index (χ1) is 16.0. The molecule has 0 spiro atoms. The van der Waals surface area contributed by atoms with Crippen molar-refractivity contribution in [2.45, 2.75) is 129 Å². The number of ketones is 1. The smallest absolute Gasteiger partial charge is 0.184 e. The summed E-state index contributed by atoms with van der Waals surface area (Å²) in [6, 6.07) is 4.34. The number of rotatable bonds is 21. The molecule has 3 N–H and O–H groups in total. The van der Waals surface area contributed by atoms with Crippen LogP contribution >= 0.6 is 0 Å². The Bertz CT molecular complexity index is 653. The van der Waals surface area contributed by atoms with Gasteiger partial charge in [-0.25, -0.2) is 0 Å². The third-order valence-corrected chi connectivity index (χ3v) is 6.35. The van der Waals surface area contributed by atoms with Crippen molar-refractivity contribution in [3.05, 3.63) is 29.8 Å². The Hall–Kier alpha value is -1.81. The van der Waals surface area contributed by atoms with Crippen LogP contribution in [0.3, 0.4) is 0 Å². The lowest BCUT2D eigenvalue weighted by Crippen LogP contribution is -2.17. The number of unbranched alkanes of at least 4 members (excludes halogenated alkanes) is 16. The average molecular weight is 461 g/mol. The molecule has 0 aromatic heterocycles. The summed E-state index contributed by atoms with van der Waals surface area (Å²) in [5, 5.41) is 28.8. The summed E-state index contributed by atoms with van der Waals surface area (Å²) in [7, 11) is 0. The molecular formula is C29H48O4. The van der Waals surface area contributed by atoms with Crippen LogP contribution in [0.15, 0.2) is 24.3 Å². The molecule has 0 aliphatic rings. The Morgan fingerprint density at radius 3 is 1.64 bits per heavy atom. The van der Waals surface area contributed by atoms with Crippen molar-refractivity contribution in [2.24, 2.45) is 0 Å². The number of aromatic hydroxyl groups is 2. The molecule has 33 heavy (non-hydrogen) atoms. The van der Waals surface area contributed by atoms with Crippen LogP contribution in [0.2, 0.25) is 0 Å². The molecule has 0 heterocycles. The molecule has 0 saturated carbocycles. The highest BCUT2D eigenvalue weighted by Crippen LogP contribution is 2.25. The topological polar surface area (TPSA) is 77.8 Å². The van der Waals surface area contributed by atoms with Crippen LogP contribution in [0.5, 0.6) is 11.5 Å². The molecule has 0 aliphatic carbocycles. The van der Waals surface area contributed by atoms with Gasteiger partial charge in [-0.05, 0) is 30.2 Å². The van der Waals surface area contributed by atoms with Crippen molar-refractivity contribution in [3.63, 3.8) is 0 Å². The van der Waals surface area contributed by atoms with E-state index < -0.39 is 6.10 Å². The van der Waals surface area contributed by atoms with Crippen molar-refractivity contribution >= 4 is 11.9 Å². The number of phenolic OH excluding ortho intramolecular Hbond substituents is 2. The van der Waals surface area contributed by atoms with Gasteiger partial charge >= 0.3 is 0 Å². The predicted molar refractivity (Wildman–Crippen MR) is 139 cm³/mol. The molecule has 0 fully saturated rings. The van der Waals surface area contributed by atoms with E-state index in [1.165, 1.54) is 115 Å². The van der Waals surface area contributed by atoms with Crippen molar-refractivity contribution in [2.75, 3.05) is 0 Å². The summed E-state index contributed by atoms with van der Waals surface area (Å²) in [6.07, 6.45) is 24.7. The molecule has 0 aliphatic heterocycles. The van der Waals surface area contributed by atoms with E-state index in [0.717, 1.165) is 12.8 Å². The summed E-state index contributed by atoms with van der Waals surface area (Å²) < 4.78 is 0. The van der Waals surface area contributed by atoms with E-state index in [0.29, 0.717) is 12.0 Å². The Morgan fingerprint density at radius 1 is 0.727 bits per heavy atom.